The molecule has 0 fully saturated rings. The first-order chi connectivity index (χ1) is 12.8. The van der Waals surface area contributed by atoms with Crippen LogP contribution in [0.4, 0.5) is 5.82 Å². The number of nitrogens with zero attached hydrogens (tertiary/aromatic N) is 2. The first-order valence-electron chi connectivity index (χ1n) is 9.48. The van der Waals surface area contributed by atoms with E-state index >= 15 is 0 Å². The number of hydrogen-bond donors (Lipinski definition) is 0. The minimum Gasteiger partial charge on any atom is -0.497 e. The van der Waals surface area contributed by atoms with Crippen molar-refractivity contribution in [2.75, 3.05) is 18.6 Å². The number of carbonyl (C=O) groups excluding carboxylic acids is 1. The van der Waals surface area contributed by atoms with Crippen LogP contribution in [0, 0.1) is 5.92 Å². The van der Waals surface area contributed by atoms with E-state index < -0.39 is 0 Å². The van der Waals surface area contributed by atoms with Gasteiger partial charge in [-0.25, -0.2) is 4.98 Å². The third-order valence-corrected chi connectivity index (χ3v) is 5.12. The number of anilines is 1. The van der Waals surface area contributed by atoms with Gasteiger partial charge in [0.05, 0.1) is 12.8 Å². The number of pyridine rings is 1. The molecule has 1 aliphatic heterocycles. The standard InChI is InChI=1S/C23H28N2O2/c1-14(2)22-20(16(4)27-6)21(18-10-8-7-9-11-18)19-12-15(3)13-25(17(5)26)23(19)24-22/h7-11,14-15H,4,12-13H2,1-3,5-6H3. The summed E-state index contributed by atoms with van der Waals surface area (Å²) in [5.41, 5.74) is 5.17. The fraction of sp³-hybridized carbons (Fsp3) is 0.391. The smallest absolute Gasteiger partial charge is 0.225 e. The number of ether oxygens (including phenoxy) is 1. The number of hydrogen-bond acceptors (Lipinski definition) is 3. The minimum atomic E-state index is 0.0299. The molecule has 4 heteroatoms. The third-order valence-electron chi connectivity index (χ3n) is 5.12. The highest BCUT2D eigenvalue weighted by molar-refractivity contribution is 5.95. The normalized spacial score (nSPS) is 16.2. The molecule has 0 saturated carbocycles. The topological polar surface area (TPSA) is 42.4 Å². The molecule has 0 N–H and O–H groups in total. The van der Waals surface area contributed by atoms with E-state index in [0.29, 0.717) is 18.2 Å². The summed E-state index contributed by atoms with van der Waals surface area (Å²) in [6.45, 7) is 12.9. The van der Waals surface area contributed by atoms with Crippen LogP contribution in [-0.2, 0) is 16.0 Å². The Labute approximate surface area is 161 Å². The first-order valence-corrected chi connectivity index (χ1v) is 9.48. The second kappa shape index (κ2) is 7.55. The highest BCUT2D eigenvalue weighted by Crippen LogP contribution is 2.43. The lowest BCUT2D eigenvalue weighted by Crippen LogP contribution is -2.39. The Balaban J connectivity index is 2.43. The molecule has 1 amide bonds. The lowest BCUT2D eigenvalue weighted by atomic mass is 9.84. The maximum atomic E-state index is 12.4. The molecule has 1 aliphatic rings. The molecule has 4 nitrogen and oxygen atoms in total. The van der Waals surface area contributed by atoms with Gasteiger partial charge in [0.1, 0.15) is 11.6 Å². The van der Waals surface area contributed by atoms with Crippen molar-refractivity contribution in [3.63, 3.8) is 0 Å². The summed E-state index contributed by atoms with van der Waals surface area (Å²) in [4.78, 5) is 19.1. The molecule has 1 atom stereocenters. The summed E-state index contributed by atoms with van der Waals surface area (Å²) in [6.07, 6.45) is 0.874. The molecule has 27 heavy (non-hydrogen) atoms. The van der Waals surface area contributed by atoms with E-state index in [4.69, 9.17) is 9.72 Å². The Morgan fingerprint density at radius 3 is 2.52 bits per heavy atom. The van der Waals surface area contributed by atoms with E-state index in [9.17, 15) is 4.79 Å². The molecule has 1 aromatic carbocycles. The van der Waals surface area contributed by atoms with Gasteiger partial charge < -0.3 is 4.74 Å². The highest BCUT2D eigenvalue weighted by atomic mass is 16.5. The van der Waals surface area contributed by atoms with Gasteiger partial charge in [-0.15, -0.1) is 0 Å². The van der Waals surface area contributed by atoms with Gasteiger partial charge in [-0.3, -0.25) is 9.69 Å². The fourth-order valence-corrected chi connectivity index (χ4v) is 3.86. The van der Waals surface area contributed by atoms with Crippen LogP contribution in [0.3, 0.4) is 0 Å². The second-order valence-electron chi connectivity index (χ2n) is 7.64. The molecule has 0 radical (unpaired) electrons. The average Bonchev–Trinajstić information content (AvgIpc) is 2.65. The van der Waals surface area contributed by atoms with E-state index in [1.165, 1.54) is 0 Å². The van der Waals surface area contributed by atoms with Gasteiger partial charge in [-0.05, 0) is 23.8 Å². The zero-order valence-corrected chi connectivity index (χ0v) is 16.9. The van der Waals surface area contributed by atoms with E-state index in [2.05, 4.69) is 39.5 Å². The van der Waals surface area contributed by atoms with Crippen molar-refractivity contribution in [2.24, 2.45) is 5.92 Å². The molecule has 0 aliphatic carbocycles. The number of methoxy groups -OCH3 is 1. The molecule has 0 bridgehead atoms. The largest absolute Gasteiger partial charge is 0.497 e. The van der Waals surface area contributed by atoms with Crippen molar-refractivity contribution in [3.05, 3.63) is 53.7 Å². The van der Waals surface area contributed by atoms with Crippen LogP contribution in [-0.4, -0.2) is 24.5 Å². The Morgan fingerprint density at radius 2 is 1.96 bits per heavy atom. The molecule has 1 aromatic heterocycles. The van der Waals surface area contributed by atoms with Crippen LogP contribution < -0.4 is 4.90 Å². The van der Waals surface area contributed by atoms with Crippen LogP contribution in [0.25, 0.3) is 16.9 Å². The predicted octanol–water partition coefficient (Wildman–Crippen LogP) is 5.03. The van der Waals surface area contributed by atoms with Crippen molar-refractivity contribution >= 4 is 17.5 Å². The van der Waals surface area contributed by atoms with Crippen molar-refractivity contribution in [3.8, 4) is 11.1 Å². The predicted molar refractivity (Wildman–Crippen MR) is 111 cm³/mol. The quantitative estimate of drug-likeness (QED) is 0.714. The van der Waals surface area contributed by atoms with Crippen molar-refractivity contribution in [1.29, 1.82) is 0 Å². The highest BCUT2D eigenvalue weighted by Gasteiger charge is 2.32. The fourth-order valence-electron chi connectivity index (χ4n) is 3.86. The summed E-state index contributed by atoms with van der Waals surface area (Å²) >= 11 is 0. The van der Waals surface area contributed by atoms with Crippen molar-refractivity contribution < 1.29 is 9.53 Å². The Morgan fingerprint density at radius 1 is 1.30 bits per heavy atom. The average molecular weight is 364 g/mol. The van der Waals surface area contributed by atoms with Gasteiger partial charge >= 0.3 is 0 Å². The van der Waals surface area contributed by atoms with Gasteiger partial charge in [-0.1, -0.05) is 57.7 Å². The monoisotopic (exact) mass is 364 g/mol. The number of benzene rings is 1. The van der Waals surface area contributed by atoms with Crippen LogP contribution in [0.1, 0.15) is 50.4 Å². The maximum absolute atomic E-state index is 12.4. The SMILES string of the molecule is C=C(OC)c1c(C(C)C)nc2c(c1-c1ccccc1)CC(C)CN2C(C)=O. The summed E-state index contributed by atoms with van der Waals surface area (Å²) in [5.74, 6) is 1.96. The van der Waals surface area contributed by atoms with Crippen LogP contribution in [0.5, 0.6) is 0 Å². The van der Waals surface area contributed by atoms with Gasteiger partial charge in [0.25, 0.3) is 0 Å². The summed E-state index contributed by atoms with van der Waals surface area (Å²) in [6, 6.07) is 10.3. The van der Waals surface area contributed by atoms with Crippen LogP contribution >= 0.6 is 0 Å². The molecular weight excluding hydrogens is 336 g/mol. The van der Waals surface area contributed by atoms with Crippen LogP contribution in [0.15, 0.2) is 36.9 Å². The van der Waals surface area contributed by atoms with E-state index in [-0.39, 0.29) is 11.8 Å². The van der Waals surface area contributed by atoms with Crippen molar-refractivity contribution in [1.82, 2.24) is 4.98 Å². The lowest BCUT2D eigenvalue weighted by Gasteiger charge is -2.35. The molecular formula is C23H28N2O2. The molecule has 2 aromatic rings. The zero-order valence-electron chi connectivity index (χ0n) is 16.9. The van der Waals surface area contributed by atoms with Gasteiger partial charge in [0.15, 0.2) is 0 Å². The molecule has 142 valence electrons. The Kier molecular flexibility index (Phi) is 5.36. The zero-order chi connectivity index (χ0) is 19.7. The maximum Gasteiger partial charge on any atom is 0.225 e. The molecule has 0 spiro atoms. The number of aromatic nitrogens is 1. The minimum absolute atomic E-state index is 0.0299. The van der Waals surface area contributed by atoms with Gasteiger partial charge in [0, 0.05) is 30.2 Å². The number of amides is 1. The summed E-state index contributed by atoms with van der Waals surface area (Å²) in [5, 5.41) is 0. The second-order valence-corrected chi connectivity index (χ2v) is 7.64. The number of rotatable bonds is 4. The van der Waals surface area contributed by atoms with Gasteiger partial charge in [-0.2, -0.15) is 0 Å². The molecule has 2 heterocycles. The lowest BCUT2D eigenvalue weighted by molar-refractivity contribution is -0.116. The molecule has 0 saturated heterocycles. The Bertz CT molecular complexity index is 872. The Hall–Kier alpha value is -2.62. The molecule has 3 rings (SSSR count). The number of carbonyl (C=O) groups is 1. The van der Waals surface area contributed by atoms with Crippen molar-refractivity contribution in [2.45, 2.75) is 40.0 Å². The van der Waals surface area contributed by atoms with E-state index in [1.54, 1.807) is 14.0 Å². The molecule has 1 unspecified atom stereocenters. The first kappa shape index (κ1) is 19.2. The van der Waals surface area contributed by atoms with E-state index in [1.807, 2.05) is 23.1 Å². The summed E-state index contributed by atoms with van der Waals surface area (Å²) in [7, 11) is 1.64. The van der Waals surface area contributed by atoms with E-state index in [0.717, 1.165) is 40.2 Å². The third kappa shape index (κ3) is 3.48. The number of fused-ring (bicyclic) bond motifs is 1. The summed E-state index contributed by atoms with van der Waals surface area (Å²) < 4.78 is 5.57. The van der Waals surface area contributed by atoms with Gasteiger partial charge in [0.2, 0.25) is 5.91 Å². The van der Waals surface area contributed by atoms with Crippen LogP contribution in [0.2, 0.25) is 0 Å².